The molecule has 2 atom stereocenters. The van der Waals surface area contributed by atoms with Gasteiger partial charge in [0.1, 0.15) is 6.29 Å². The Bertz CT molecular complexity index is 326. The van der Waals surface area contributed by atoms with Gasteiger partial charge in [-0.3, -0.25) is 9.59 Å². The molecule has 3 nitrogen and oxygen atoms in total. The van der Waals surface area contributed by atoms with Crippen molar-refractivity contribution >= 4 is 12.3 Å². The van der Waals surface area contributed by atoms with E-state index in [-0.39, 0.29) is 23.9 Å². The summed E-state index contributed by atoms with van der Waals surface area (Å²) in [5.74, 6) is -0.203. The topological polar surface area (TPSA) is 43.4 Å². The van der Waals surface area contributed by atoms with Crippen molar-refractivity contribution in [3.63, 3.8) is 0 Å². The maximum atomic E-state index is 11.7. The number of esters is 1. The molecule has 3 heteroatoms. The monoisotopic (exact) mass is 222 g/mol. The zero-order valence-corrected chi connectivity index (χ0v) is 9.97. The van der Waals surface area contributed by atoms with Gasteiger partial charge in [-0.1, -0.05) is 25.2 Å². The fraction of sp³-hybridized carbons (Fsp3) is 0.538. The first-order valence-electron chi connectivity index (χ1n) is 5.58. The normalized spacial score (nSPS) is 21.5. The third-order valence-electron chi connectivity index (χ3n) is 2.66. The molecule has 0 spiro atoms. The first-order chi connectivity index (χ1) is 7.54. The van der Waals surface area contributed by atoms with Gasteiger partial charge in [0.15, 0.2) is 0 Å². The lowest BCUT2D eigenvalue weighted by molar-refractivity contribution is -0.153. The van der Waals surface area contributed by atoms with Gasteiger partial charge in [-0.15, -0.1) is 0 Å². The summed E-state index contributed by atoms with van der Waals surface area (Å²) in [4.78, 5) is 22.2. The van der Waals surface area contributed by atoms with Crippen molar-refractivity contribution in [2.45, 2.75) is 33.3 Å². The van der Waals surface area contributed by atoms with Crippen LogP contribution in [0.15, 0.2) is 23.8 Å². The van der Waals surface area contributed by atoms with Crippen LogP contribution in [0.2, 0.25) is 0 Å². The van der Waals surface area contributed by atoms with Crippen LogP contribution in [0, 0.1) is 11.8 Å². The number of carbonyl (C=O) groups excluding carboxylic acids is 2. The minimum atomic E-state index is -0.174. The fourth-order valence-electron chi connectivity index (χ4n) is 1.63. The van der Waals surface area contributed by atoms with Crippen LogP contribution in [0.25, 0.3) is 0 Å². The van der Waals surface area contributed by atoms with Crippen molar-refractivity contribution in [1.82, 2.24) is 0 Å². The maximum Gasteiger partial charge on any atom is 0.309 e. The van der Waals surface area contributed by atoms with Crippen molar-refractivity contribution in [1.29, 1.82) is 0 Å². The second kappa shape index (κ2) is 5.64. The molecule has 0 heterocycles. The molecule has 0 aliphatic heterocycles. The molecular formula is C13H18O3. The van der Waals surface area contributed by atoms with E-state index in [1.165, 1.54) is 0 Å². The number of allylic oxidation sites excluding steroid dienone is 4. The standard InChI is InChI=1S/C13H18O3/c1-9(2)16-13(15)10(3)12-6-4-11(8-14)5-7-12/h4-6,8-10,12H,7H2,1-3H3. The highest BCUT2D eigenvalue weighted by molar-refractivity contribution is 5.78. The maximum absolute atomic E-state index is 11.7. The second-order valence-corrected chi connectivity index (χ2v) is 4.35. The van der Waals surface area contributed by atoms with Crippen molar-refractivity contribution in [2.75, 3.05) is 0 Å². The van der Waals surface area contributed by atoms with Crippen LogP contribution in [0.1, 0.15) is 27.2 Å². The molecular weight excluding hydrogens is 204 g/mol. The average Bonchev–Trinajstić information content (AvgIpc) is 2.27. The van der Waals surface area contributed by atoms with Crippen LogP contribution >= 0.6 is 0 Å². The summed E-state index contributed by atoms with van der Waals surface area (Å²) >= 11 is 0. The zero-order valence-electron chi connectivity index (χ0n) is 9.97. The molecule has 1 rings (SSSR count). The molecule has 0 aromatic heterocycles. The molecule has 1 aliphatic rings. The van der Waals surface area contributed by atoms with Crippen molar-refractivity contribution in [3.05, 3.63) is 23.8 Å². The molecule has 88 valence electrons. The third-order valence-corrected chi connectivity index (χ3v) is 2.66. The van der Waals surface area contributed by atoms with E-state index in [4.69, 9.17) is 4.74 Å². The summed E-state index contributed by atoms with van der Waals surface area (Å²) in [6, 6.07) is 0. The number of hydrogen-bond acceptors (Lipinski definition) is 3. The predicted molar refractivity (Wildman–Crippen MR) is 61.8 cm³/mol. The first kappa shape index (κ1) is 12.7. The summed E-state index contributed by atoms with van der Waals surface area (Å²) in [6.07, 6.45) is 7.00. The van der Waals surface area contributed by atoms with Crippen LogP contribution in [0.5, 0.6) is 0 Å². The summed E-state index contributed by atoms with van der Waals surface area (Å²) in [7, 11) is 0. The van der Waals surface area contributed by atoms with Gasteiger partial charge in [0.25, 0.3) is 0 Å². The highest BCUT2D eigenvalue weighted by Gasteiger charge is 2.24. The Morgan fingerprint density at radius 1 is 1.50 bits per heavy atom. The van der Waals surface area contributed by atoms with Crippen LogP contribution < -0.4 is 0 Å². The smallest absolute Gasteiger partial charge is 0.309 e. The number of aldehydes is 1. The van der Waals surface area contributed by atoms with Gasteiger partial charge in [0.2, 0.25) is 0 Å². The van der Waals surface area contributed by atoms with E-state index in [1.807, 2.05) is 32.9 Å². The summed E-state index contributed by atoms with van der Waals surface area (Å²) in [5.41, 5.74) is 0.681. The van der Waals surface area contributed by atoms with Gasteiger partial charge in [0.05, 0.1) is 12.0 Å². The lowest BCUT2D eigenvalue weighted by atomic mass is 9.86. The predicted octanol–water partition coefficient (Wildman–Crippen LogP) is 2.28. The molecule has 0 saturated heterocycles. The van der Waals surface area contributed by atoms with Crippen molar-refractivity contribution < 1.29 is 14.3 Å². The number of rotatable bonds is 4. The van der Waals surface area contributed by atoms with E-state index >= 15 is 0 Å². The Labute approximate surface area is 96.2 Å². The number of hydrogen-bond donors (Lipinski definition) is 0. The van der Waals surface area contributed by atoms with Crippen LogP contribution in [-0.2, 0) is 14.3 Å². The minimum Gasteiger partial charge on any atom is -0.463 e. The second-order valence-electron chi connectivity index (χ2n) is 4.35. The van der Waals surface area contributed by atoms with Crippen LogP contribution in [-0.4, -0.2) is 18.4 Å². The van der Waals surface area contributed by atoms with E-state index in [0.29, 0.717) is 5.57 Å². The molecule has 0 bridgehead atoms. The van der Waals surface area contributed by atoms with Crippen molar-refractivity contribution in [2.24, 2.45) is 11.8 Å². The molecule has 0 N–H and O–H groups in total. The summed E-state index contributed by atoms with van der Waals surface area (Å²) in [5, 5.41) is 0. The molecule has 0 amide bonds. The Morgan fingerprint density at radius 2 is 2.19 bits per heavy atom. The summed E-state index contributed by atoms with van der Waals surface area (Å²) < 4.78 is 5.16. The fourth-order valence-corrected chi connectivity index (χ4v) is 1.63. The van der Waals surface area contributed by atoms with E-state index < -0.39 is 0 Å². The summed E-state index contributed by atoms with van der Waals surface area (Å²) in [6.45, 7) is 5.54. The Hall–Kier alpha value is -1.38. The Morgan fingerprint density at radius 3 is 2.62 bits per heavy atom. The average molecular weight is 222 g/mol. The number of carbonyl (C=O) groups is 2. The van der Waals surface area contributed by atoms with Gasteiger partial charge in [-0.2, -0.15) is 0 Å². The molecule has 0 aromatic carbocycles. The Balaban J connectivity index is 2.54. The quantitative estimate of drug-likeness (QED) is 0.541. The van der Waals surface area contributed by atoms with Crippen LogP contribution in [0.4, 0.5) is 0 Å². The lowest BCUT2D eigenvalue weighted by Gasteiger charge is -2.21. The van der Waals surface area contributed by atoms with Gasteiger partial charge in [-0.25, -0.2) is 0 Å². The lowest BCUT2D eigenvalue weighted by Crippen LogP contribution is -2.25. The van der Waals surface area contributed by atoms with E-state index in [0.717, 1.165) is 12.7 Å². The van der Waals surface area contributed by atoms with E-state index in [2.05, 4.69) is 0 Å². The van der Waals surface area contributed by atoms with Gasteiger partial charge >= 0.3 is 5.97 Å². The SMILES string of the molecule is CC(C)OC(=O)C(C)C1C=CC(C=O)=CC1. The van der Waals surface area contributed by atoms with E-state index in [1.54, 1.807) is 6.08 Å². The highest BCUT2D eigenvalue weighted by atomic mass is 16.5. The van der Waals surface area contributed by atoms with E-state index in [9.17, 15) is 9.59 Å². The van der Waals surface area contributed by atoms with Crippen molar-refractivity contribution in [3.8, 4) is 0 Å². The molecule has 16 heavy (non-hydrogen) atoms. The highest BCUT2D eigenvalue weighted by Crippen LogP contribution is 2.24. The number of ether oxygens (including phenoxy) is 1. The molecule has 0 aromatic rings. The third kappa shape index (κ3) is 3.33. The first-order valence-corrected chi connectivity index (χ1v) is 5.58. The zero-order chi connectivity index (χ0) is 12.1. The molecule has 1 aliphatic carbocycles. The van der Waals surface area contributed by atoms with Gasteiger partial charge in [-0.05, 0) is 26.2 Å². The van der Waals surface area contributed by atoms with Crippen LogP contribution in [0.3, 0.4) is 0 Å². The van der Waals surface area contributed by atoms with Gasteiger partial charge in [0, 0.05) is 5.57 Å². The van der Waals surface area contributed by atoms with Gasteiger partial charge < -0.3 is 4.74 Å². The minimum absolute atomic E-state index is 0.0800. The largest absolute Gasteiger partial charge is 0.463 e. The molecule has 2 unspecified atom stereocenters. The molecule has 0 radical (unpaired) electrons. The molecule has 0 fully saturated rings. The molecule has 0 saturated carbocycles. The Kier molecular flexibility index (Phi) is 4.47.